The van der Waals surface area contributed by atoms with Crippen LogP contribution in [0.1, 0.15) is 0 Å². The molecule has 0 spiro atoms. The Morgan fingerprint density at radius 3 is 2.71 bits per heavy atom. The van der Waals surface area contributed by atoms with Crippen molar-refractivity contribution in [1.82, 2.24) is 14.9 Å². The van der Waals surface area contributed by atoms with Crippen LogP contribution in [0.15, 0.2) is 41.3 Å². The number of likely N-dealkylation sites (N-methyl/N-ethyl adjacent to an activating group) is 1. The van der Waals surface area contributed by atoms with E-state index in [2.05, 4.69) is 10.6 Å². The molecular formula is C16H18ClN3O3S. The molecule has 0 aliphatic carbocycles. The zero-order chi connectivity index (χ0) is 17.3. The summed E-state index contributed by atoms with van der Waals surface area (Å²) < 4.78 is 27.1. The number of sulfonamides is 1. The lowest BCUT2D eigenvalue weighted by Gasteiger charge is -2.31. The molecule has 2 aromatic carbocycles. The van der Waals surface area contributed by atoms with Gasteiger partial charge in [0.15, 0.2) is 0 Å². The molecule has 1 heterocycles. The smallest absolute Gasteiger partial charge is 0.243 e. The van der Waals surface area contributed by atoms with Gasteiger partial charge < -0.3 is 10.6 Å². The van der Waals surface area contributed by atoms with Crippen LogP contribution in [-0.2, 0) is 14.8 Å². The number of halogens is 1. The van der Waals surface area contributed by atoms with Crippen LogP contribution in [-0.4, -0.2) is 51.4 Å². The van der Waals surface area contributed by atoms with Crippen LogP contribution in [0.3, 0.4) is 0 Å². The minimum atomic E-state index is -3.66. The molecule has 0 aromatic heterocycles. The fourth-order valence-corrected chi connectivity index (χ4v) is 4.47. The first-order chi connectivity index (χ1) is 11.4. The van der Waals surface area contributed by atoms with Gasteiger partial charge in [-0.2, -0.15) is 4.31 Å². The summed E-state index contributed by atoms with van der Waals surface area (Å²) in [5.74, 6) is -0.219. The molecule has 6 nitrogen and oxygen atoms in total. The molecule has 0 bridgehead atoms. The molecule has 3 rings (SSSR count). The molecule has 0 saturated carbocycles. The van der Waals surface area contributed by atoms with Crippen molar-refractivity contribution >= 4 is 38.3 Å². The number of nitrogens with zero attached hydrogens (tertiary/aromatic N) is 1. The molecule has 1 amide bonds. The molecule has 1 aliphatic heterocycles. The first-order valence-electron chi connectivity index (χ1n) is 7.56. The Kier molecular flexibility index (Phi) is 4.78. The topological polar surface area (TPSA) is 78.5 Å². The number of benzene rings is 2. The Bertz CT molecular complexity index is 885. The van der Waals surface area contributed by atoms with Gasteiger partial charge in [-0.05, 0) is 35.0 Å². The van der Waals surface area contributed by atoms with Crippen molar-refractivity contribution in [3.63, 3.8) is 0 Å². The molecule has 24 heavy (non-hydrogen) atoms. The lowest BCUT2D eigenvalue weighted by atomic mass is 10.1. The Hall–Kier alpha value is -1.67. The first kappa shape index (κ1) is 17.2. The molecule has 128 valence electrons. The SMILES string of the molecule is CNC(=O)C1CN(S(=O)(=O)c2ccc3cc(Cl)ccc3c2)CCN1. The molecule has 1 atom stereocenters. The van der Waals surface area contributed by atoms with Crippen LogP contribution < -0.4 is 10.6 Å². The Balaban J connectivity index is 1.92. The van der Waals surface area contributed by atoms with Crippen LogP contribution in [0.4, 0.5) is 0 Å². The average molecular weight is 368 g/mol. The van der Waals surface area contributed by atoms with Gasteiger partial charge in [0.2, 0.25) is 15.9 Å². The third kappa shape index (κ3) is 3.25. The van der Waals surface area contributed by atoms with Gasteiger partial charge in [-0.1, -0.05) is 23.7 Å². The lowest BCUT2D eigenvalue weighted by Crippen LogP contribution is -2.57. The second kappa shape index (κ2) is 6.68. The zero-order valence-electron chi connectivity index (χ0n) is 13.1. The number of piperazine rings is 1. The number of nitrogens with one attached hydrogen (secondary N) is 2. The van der Waals surface area contributed by atoms with Gasteiger partial charge in [-0.25, -0.2) is 8.42 Å². The second-order valence-electron chi connectivity index (χ2n) is 5.64. The van der Waals surface area contributed by atoms with Crippen LogP contribution in [0.5, 0.6) is 0 Å². The van der Waals surface area contributed by atoms with Gasteiger partial charge in [0.1, 0.15) is 6.04 Å². The predicted molar refractivity (Wildman–Crippen MR) is 93.6 cm³/mol. The molecule has 1 unspecified atom stereocenters. The van der Waals surface area contributed by atoms with Crippen molar-refractivity contribution in [3.8, 4) is 0 Å². The molecule has 8 heteroatoms. The molecule has 1 fully saturated rings. The highest BCUT2D eigenvalue weighted by atomic mass is 35.5. The Morgan fingerprint density at radius 1 is 1.25 bits per heavy atom. The van der Waals surface area contributed by atoms with E-state index >= 15 is 0 Å². The van der Waals surface area contributed by atoms with E-state index in [9.17, 15) is 13.2 Å². The van der Waals surface area contributed by atoms with E-state index in [1.807, 2.05) is 0 Å². The van der Waals surface area contributed by atoms with Crippen molar-refractivity contribution in [3.05, 3.63) is 41.4 Å². The van der Waals surface area contributed by atoms with Crippen LogP contribution in [0.25, 0.3) is 10.8 Å². The minimum absolute atomic E-state index is 0.112. The lowest BCUT2D eigenvalue weighted by molar-refractivity contribution is -0.123. The highest BCUT2D eigenvalue weighted by Crippen LogP contribution is 2.25. The van der Waals surface area contributed by atoms with E-state index < -0.39 is 16.1 Å². The highest BCUT2D eigenvalue weighted by Gasteiger charge is 2.32. The molecule has 1 saturated heterocycles. The first-order valence-corrected chi connectivity index (χ1v) is 9.38. The molecule has 2 aromatic rings. The molecule has 2 N–H and O–H groups in total. The summed E-state index contributed by atoms with van der Waals surface area (Å²) in [6, 6.07) is 9.72. The average Bonchev–Trinajstić information content (AvgIpc) is 2.60. The fourth-order valence-electron chi connectivity index (χ4n) is 2.80. The summed E-state index contributed by atoms with van der Waals surface area (Å²) in [5.41, 5.74) is 0. The number of carbonyl (C=O) groups is 1. The third-order valence-corrected chi connectivity index (χ3v) is 6.21. The fraction of sp³-hybridized carbons (Fsp3) is 0.312. The summed E-state index contributed by atoms with van der Waals surface area (Å²) in [6.45, 7) is 0.871. The van der Waals surface area contributed by atoms with E-state index in [0.717, 1.165) is 10.8 Å². The van der Waals surface area contributed by atoms with Gasteiger partial charge in [0, 0.05) is 31.7 Å². The van der Waals surface area contributed by atoms with E-state index in [0.29, 0.717) is 18.1 Å². The van der Waals surface area contributed by atoms with E-state index in [-0.39, 0.29) is 17.3 Å². The Labute approximate surface area is 145 Å². The summed E-state index contributed by atoms with van der Waals surface area (Å²) in [6.07, 6.45) is 0. The molecule has 0 radical (unpaired) electrons. The van der Waals surface area contributed by atoms with Crippen molar-refractivity contribution in [1.29, 1.82) is 0 Å². The van der Waals surface area contributed by atoms with E-state index in [4.69, 9.17) is 11.6 Å². The van der Waals surface area contributed by atoms with Crippen molar-refractivity contribution < 1.29 is 13.2 Å². The number of amides is 1. The summed E-state index contributed by atoms with van der Waals surface area (Å²) in [4.78, 5) is 12.0. The maximum Gasteiger partial charge on any atom is 0.243 e. The van der Waals surface area contributed by atoms with Crippen LogP contribution in [0.2, 0.25) is 5.02 Å². The van der Waals surface area contributed by atoms with Crippen LogP contribution in [0, 0.1) is 0 Å². The minimum Gasteiger partial charge on any atom is -0.358 e. The number of fused-ring (bicyclic) bond motifs is 1. The van der Waals surface area contributed by atoms with Crippen molar-refractivity contribution in [2.45, 2.75) is 10.9 Å². The summed E-state index contributed by atoms with van der Waals surface area (Å²) >= 11 is 5.96. The number of carbonyl (C=O) groups excluding carboxylic acids is 1. The molecule has 1 aliphatic rings. The Morgan fingerprint density at radius 2 is 1.96 bits per heavy atom. The van der Waals surface area contributed by atoms with Gasteiger partial charge in [0.25, 0.3) is 0 Å². The van der Waals surface area contributed by atoms with E-state index in [1.54, 1.807) is 36.4 Å². The van der Waals surface area contributed by atoms with Gasteiger partial charge in [0.05, 0.1) is 4.90 Å². The number of hydrogen-bond donors (Lipinski definition) is 2. The van der Waals surface area contributed by atoms with Gasteiger partial charge in [-0.15, -0.1) is 0 Å². The van der Waals surface area contributed by atoms with Crippen molar-refractivity contribution in [2.75, 3.05) is 26.7 Å². The molecular weight excluding hydrogens is 350 g/mol. The largest absolute Gasteiger partial charge is 0.358 e. The summed E-state index contributed by atoms with van der Waals surface area (Å²) in [5, 5.41) is 7.86. The highest BCUT2D eigenvalue weighted by molar-refractivity contribution is 7.89. The van der Waals surface area contributed by atoms with Gasteiger partial charge in [-0.3, -0.25) is 4.79 Å². The summed E-state index contributed by atoms with van der Waals surface area (Å²) in [7, 11) is -2.12. The zero-order valence-corrected chi connectivity index (χ0v) is 14.7. The van der Waals surface area contributed by atoms with Crippen molar-refractivity contribution in [2.24, 2.45) is 0 Å². The van der Waals surface area contributed by atoms with E-state index in [1.165, 1.54) is 11.4 Å². The predicted octanol–water partition coefficient (Wildman–Crippen LogP) is 1.20. The maximum absolute atomic E-state index is 12.9. The van der Waals surface area contributed by atoms with Crippen LogP contribution >= 0.6 is 11.6 Å². The number of rotatable bonds is 3. The second-order valence-corrected chi connectivity index (χ2v) is 8.01. The standard InChI is InChI=1S/C16H18ClN3O3S/c1-18-16(21)15-10-20(7-6-19-15)24(22,23)14-5-3-11-8-13(17)4-2-12(11)9-14/h2-5,8-9,15,19H,6-7,10H2,1H3,(H,18,21). The number of hydrogen-bond acceptors (Lipinski definition) is 4. The monoisotopic (exact) mass is 367 g/mol. The van der Waals surface area contributed by atoms with Gasteiger partial charge >= 0.3 is 0 Å². The maximum atomic E-state index is 12.9. The quantitative estimate of drug-likeness (QED) is 0.854. The normalized spacial score (nSPS) is 19.3. The third-order valence-electron chi connectivity index (χ3n) is 4.11.